The van der Waals surface area contributed by atoms with Crippen LogP contribution in [0.25, 0.3) is 0 Å². The quantitative estimate of drug-likeness (QED) is 0.500. The van der Waals surface area contributed by atoms with Crippen LogP contribution < -0.4 is 4.90 Å². The number of nitrogens with zero attached hydrogens (tertiary/aromatic N) is 4. The molecule has 33 heavy (non-hydrogen) atoms. The van der Waals surface area contributed by atoms with Crippen molar-refractivity contribution in [2.75, 3.05) is 31.1 Å². The number of piperazine rings is 1. The van der Waals surface area contributed by atoms with Crippen LogP contribution in [-0.4, -0.2) is 54.7 Å². The number of sulfonamides is 1. The van der Waals surface area contributed by atoms with Crippen LogP contribution in [0.4, 0.5) is 10.8 Å². The van der Waals surface area contributed by atoms with Crippen LogP contribution in [0.2, 0.25) is 5.02 Å². The van der Waals surface area contributed by atoms with E-state index in [4.69, 9.17) is 11.6 Å². The minimum atomic E-state index is -3.49. The van der Waals surface area contributed by atoms with Gasteiger partial charge in [0.2, 0.25) is 15.9 Å². The predicted octanol–water partition coefficient (Wildman–Crippen LogP) is 4.30. The molecule has 4 rings (SSSR count). The van der Waals surface area contributed by atoms with Gasteiger partial charge in [0, 0.05) is 50.1 Å². The van der Waals surface area contributed by atoms with E-state index in [0.717, 1.165) is 11.3 Å². The van der Waals surface area contributed by atoms with Gasteiger partial charge in [-0.05, 0) is 37.3 Å². The largest absolute Gasteiger partial charge is 0.295 e. The molecule has 1 aliphatic heterocycles. The molecule has 2 aromatic carbocycles. The van der Waals surface area contributed by atoms with E-state index in [0.29, 0.717) is 53.5 Å². The standard InChI is InChI=1S/C23H25ClN4O3S2/c1-17-6-8-22(9-7-17)33(30,31)27-12-10-26(11-13-27)15-20-16-32-23(25-20)28(18(2)29)21-5-3-4-19(24)14-21/h3-9,14,16H,10-13,15H2,1-2H3. The SMILES string of the molecule is CC(=O)N(c1cccc(Cl)c1)c1nc(CN2CCN(S(=O)(=O)c3ccc(C)cc3)CC2)cs1. The molecule has 10 heteroatoms. The predicted molar refractivity (Wildman–Crippen MR) is 132 cm³/mol. The average molecular weight is 505 g/mol. The van der Waals surface area contributed by atoms with Gasteiger partial charge in [0.25, 0.3) is 0 Å². The van der Waals surface area contributed by atoms with Crippen molar-refractivity contribution < 1.29 is 13.2 Å². The number of carbonyl (C=O) groups is 1. The van der Waals surface area contributed by atoms with E-state index >= 15 is 0 Å². The summed E-state index contributed by atoms with van der Waals surface area (Å²) < 4.78 is 27.4. The summed E-state index contributed by atoms with van der Waals surface area (Å²) in [7, 11) is -3.49. The Balaban J connectivity index is 1.40. The Morgan fingerprint density at radius 2 is 1.82 bits per heavy atom. The molecule has 0 spiro atoms. The van der Waals surface area contributed by atoms with E-state index in [1.807, 2.05) is 30.5 Å². The van der Waals surface area contributed by atoms with Crippen molar-refractivity contribution in [3.8, 4) is 0 Å². The van der Waals surface area contributed by atoms with E-state index in [1.54, 1.807) is 35.2 Å². The summed E-state index contributed by atoms with van der Waals surface area (Å²) in [5, 5.41) is 3.07. The smallest absolute Gasteiger partial charge is 0.243 e. The molecule has 0 unspecified atom stereocenters. The highest BCUT2D eigenvalue weighted by Gasteiger charge is 2.29. The monoisotopic (exact) mass is 504 g/mol. The molecule has 0 radical (unpaired) electrons. The summed E-state index contributed by atoms with van der Waals surface area (Å²) in [5.41, 5.74) is 2.55. The summed E-state index contributed by atoms with van der Waals surface area (Å²) in [4.78, 5) is 21.0. The van der Waals surface area contributed by atoms with Crippen LogP contribution in [-0.2, 0) is 21.4 Å². The van der Waals surface area contributed by atoms with Crippen molar-refractivity contribution in [1.29, 1.82) is 0 Å². The summed E-state index contributed by atoms with van der Waals surface area (Å²) >= 11 is 7.49. The number of benzene rings is 2. The molecule has 1 fully saturated rings. The van der Waals surface area contributed by atoms with Crippen LogP contribution in [0.3, 0.4) is 0 Å². The number of rotatable bonds is 6. The number of anilines is 2. The zero-order valence-corrected chi connectivity index (χ0v) is 20.8. The first-order valence-corrected chi connectivity index (χ1v) is 13.2. The molecule has 1 aromatic heterocycles. The number of aromatic nitrogens is 1. The number of hydrogen-bond acceptors (Lipinski definition) is 6. The zero-order chi connectivity index (χ0) is 23.6. The topological polar surface area (TPSA) is 73.8 Å². The number of carbonyl (C=O) groups excluding carboxylic acids is 1. The van der Waals surface area contributed by atoms with Crippen LogP contribution >= 0.6 is 22.9 Å². The van der Waals surface area contributed by atoms with Crippen molar-refractivity contribution >= 4 is 49.7 Å². The van der Waals surface area contributed by atoms with Crippen LogP contribution in [0.1, 0.15) is 18.2 Å². The highest BCUT2D eigenvalue weighted by atomic mass is 35.5. The fourth-order valence-corrected chi connectivity index (χ4v) is 6.21. The Bertz CT molecular complexity index is 1240. The van der Waals surface area contributed by atoms with Gasteiger partial charge in [-0.1, -0.05) is 35.4 Å². The highest BCUT2D eigenvalue weighted by molar-refractivity contribution is 7.89. The second-order valence-corrected chi connectivity index (χ2v) is 11.2. The molecule has 1 aliphatic rings. The van der Waals surface area contributed by atoms with Crippen molar-refractivity contribution in [2.24, 2.45) is 0 Å². The van der Waals surface area contributed by atoms with Gasteiger partial charge in [0.15, 0.2) is 5.13 Å². The number of amides is 1. The van der Waals surface area contributed by atoms with Gasteiger partial charge < -0.3 is 0 Å². The molecule has 7 nitrogen and oxygen atoms in total. The van der Waals surface area contributed by atoms with E-state index in [2.05, 4.69) is 9.88 Å². The van der Waals surface area contributed by atoms with E-state index in [-0.39, 0.29) is 5.91 Å². The minimum Gasteiger partial charge on any atom is -0.295 e. The number of halogens is 1. The highest BCUT2D eigenvalue weighted by Crippen LogP contribution is 2.31. The normalized spacial score (nSPS) is 15.5. The second-order valence-electron chi connectivity index (χ2n) is 7.95. The molecule has 0 aliphatic carbocycles. The summed E-state index contributed by atoms with van der Waals surface area (Å²) in [6.07, 6.45) is 0. The van der Waals surface area contributed by atoms with Crippen LogP contribution in [0.15, 0.2) is 58.8 Å². The maximum absolute atomic E-state index is 12.9. The fraction of sp³-hybridized carbons (Fsp3) is 0.304. The summed E-state index contributed by atoms with van der Waals surface area (Å²) in [5.74, 6) is -0.145. The van der Waals surface area contributed by atoms with Gasteiger partial charge in [0.1, 0.15) is 0 Å². The third kappa shape index (κ3) is 5.44. The van der Waals surface area contributed by atoms with E-state index < -0.39 is 10.0 Å². The minimum absolute atomic E-state index is 0.145. The molecule has 1 amide bonds. The van der Waals surface area contributed by atoms with Crippen molar-refractivity contribution in [2.45, 2.75) is 25.3 Å². The van der Waals surface area contributed by atoms with Gasteiger partial charge in [-0.3, -0.25) is 14.6 Å². The number of hydrogen-bond donors (Lipinski definition) is 0. The molecular weight excluding hydrogens is 480 g/mol. The molecular formula is C23H25ClN4O3S2. The molecule has 0 saturated carbocycles. The zero-order valence-electron chi connectivity index (χ0n) is 18.4. The lowest BCUT2D eigenvalue weighted by Crippen LogP contribution is -2.48. The molecule has 2 heterocycles. The Morgan fingerprint density at radius 1 is 1.12 bits per heavy atom. The molecule has 0 atom stereocenters. The summed E-state index contributed by atoms with van der Waals surface area (Å²) in [6, 6.07) is 14.1. The van der Waals surface area contributed by atoms with Crippen molar-refractivity contribution in [3.63, 3.8) is 0 Å². The third-order valence-electron chi connectivity index (χ3n) is 5.49. The first-order valence-electron chi connectivity index (χ1n) is 10.5. The van der Waals surface area contributed by atoms with Gasteiger partial charge >= 0.3 is 0 Å². The molecule has 1 saturated heterocycles. The molecule has 0 N–H and O–H groups in total. The molecule has 3 aromatic rings. The van der Waals surface area contributed by atoms with Crippen LogP contribution in [0, 0.1) is 6.92 Å². The third-order valence-corrected chi connectivity index (χ3v) is 8.51. The number of aryl methyl sites for hydroxylation is 1. The Labute approximate surface area is 203 Å². The van der Waals surface area contributed by atoms with E-state index in [1.165, 1.54) is 22.6 Å². The second kappa shape index (κ2) is 9.90. The van der Waals surface area contributed by atoms with Crippen molar-refractivity contribution in [3.05, 3.63) is 70.2 Å². The Kier molecular flexibility index (Phi) is 7.16. The van der Waals surface area contributed by atoms with Crippen LogP contribution in [0.5, 0.6) is 0 Å². The van der Waals surface area contributed by atoms with Gasteiger partial charge in [-0.25, -0.2) is 13.4 Å². The summed E-state index contributed by atoms with van der Waals surface area (Å²) in [6.45, 7) is 6.10. The Morgan fingerprint density at radius 3 is 2.45 bits per heavy atom. The fourth-order valence-electron chi connectivity index (χ4n) is 3.73. The van der Waals surface area contributed by atoms with Gasteiger partial charge in [0.05, 0.1) is 16.3 Å². The van der Waals surface area contributed by atoms with Crippen molar-refractivity contribution in [1.82, 2.24) is 14.2 Å². The van der Waals surface area contributed by atoms with E-state index in [9.17, 15) is 13.2 Å². The maximum Gasteiger partial charge on any atom is 0.243 e. The molecule has 0 bridgehead atoms. The lowest BCUT2D eigenvalue weighted by molar-refractivity contribution is -0.115. The maximum atomic E-state index is 12.9. The lowest BCUT2D eigenvalue weighted by atomic mass is 10.2. The first-order chi connectivity index (χ1) is 15.7. The lowest BCUT2D eigenvalue weighted by Gasteiger charge is -2.33. The first kappa shape index (κ1) is 23.8. The Hall–Kier alpha value is -2.30. The van der Waals surface area contributed by atoms with Gasteiger partial charge in [-0.15, -0.1) is 11.3 Å². The number of thiazole rings is 1. The van der Waals surface area contributed by atoms with Gasteiger partial charge in [-0.2, -0.15) is 4.31 Å². The average Bonchev–Trinajstić information content (AvgIpc) is 3.22. The molecule has 174 valence electrons.